The standard InChI is InChI=1S/C22H27ClN2O3S/c1-22(2,3)17-7-9-20(10-8-17)29(27,28)25-13-11-19(12-14-25)24-21(26)16-5-4-6-18(23)15-16/h4-10,15,19H,11-14H2,1-3H3,(H,24,26). The van der Waals surface area contributed by atoms with E-state index in [4.69, 9.17) is 11.6 Å². The lowest BCUT2D eigenvalue weighted by Crippen LogP contribution is -2.46. The summed E-state index contributed by atoms with van der Waals surface area (Å²) in [7, 11) is -3.53. The zero-order valence-corrected chi connectivity index (χ0v) is 18.6. The molecule has 0 radical (unpaired) electrons. The minimum Gasteiger partial charge on any atom is -0.349 e. The smallest absolute Gasteiger partial charge is 0.251 e. The quantitative estimate of drug-likeness (QED) is 0.783. The van der Waals surface area contributed by atoms with Crippen LogP contribution in [-0.4, -0.2) is 37.8 Å². The van der Waals surface area contributed by atoms with Crippen LogP contribution in [-0.2, 0) is 15.4 Å². The predicted molar refractivity (Wildman–Crippen MR) is 116 cm³/mol. The van der Waals surface area contributed by atoms with Gasteiger partial charge in [-0.1, -0.05) is 50.6 Å². The number of carbonyl (C=O) groups is 1. The van der Waals surface area contributed by atoms with E-state index in [9.17, 15) is 13.2 Å². The molecule has 0 saturated carbocycles. The molecule has 7 heteroatoms. The van der Waals surface area contributed by atoms with E-state index < -0.39 is 10.0 Å². The Morgan fingerprint density at radius 2 is 1.69 bits per heavy atom. The Labute approximate surface area is 178 Å². The number of nitrogens with zero attached hydrogens (tertiary/aromatic N) is 1. The molecule has 1 aliphatic heterocycles. The largest absolute Gasteiger partial charge is 0.349 e. The van der Waals surface area contributed by atoms with Gasteiger partial charge in [-0.2, -0.15) is 4.31 Å². The van der Waals surface area contributed by atoms with E-state index in [0.29, 0.717) is 41.4 Å². The minimum atomic E-state index is -3.53. The number of sulfonamides is 1. The number of amides is 1. The van der Waals surface area contributed by atoms with Crippen LogP contribution >= 0.6 is 11.6 Å². The predicted octanol–water partition coefficient (Wildman–Crippen LogP) is 4.22. The first-order chi connectivity index (χ1) is 13.6. The van der Waals surface area contributed by atoms with E-state index in [1.54, 1.807) is 36.4 Å². The van der Waals surface area contributed by atoms with Gasteiger partial charge in [0.2, 0.25) is 10.0 Å². The van der Waals surface area contributed by atoms with Crippen LogP contribution in [0.25, 0.3) is 0 Å². The number of piperidine rings is 1. The minimum absolute atomic E-state index is 0.0260. The number of halogens is 1. The van der Waals surface area contributed by atoms with E-state index in [0.717, 1.165) is 5.56 Å². The highest BCUT2D eigenvalue weighted by atomic mass is 35.5. The van der Waals surface area contributed by atoms with Gasteiger partial charge in [0.25, 0.3) is 5.91 Å². The van der Waals surface area contributed by atoms with E-state index in [1.807, 2.05) is 12.1 Å². The maximum absolute atomic E-state index is 13.0. The van der Waals surface area contributed by atoms with Crippen LogP contribution in [0.5, 0.6) is 0 Å². The molecule has 1 fully saturated rings. The molecule has 0 spiro atoms. The molecular formula is C22H27ClN2O3S. The second-order valence-corrected chi connectivity index (χ2v) is 10.8. The Kier molecular flexibility index (Phi) is 6.36. The van der Waals surface area contributed by atoms with Crippen molar-refractivity contribution in [2.75, 3.05) is 13.1 Å². The number of hydrogen-bond donors (Lipinski definition) is 1. The van der Waals surface area contributed by atoms with Crippen LogP contribution in [0, 0.1) is 0 Å². The number of hydrogen-bond acceptors (Lipinski definition) is 3. The van der Waals surface area contributed by atoms with Gasteiger partial charge in [-0.15, -0.1) is 0 Å². The van der Waals surface area contributed by atoms with Crippen molar-refractivity contribution in [2.24, 2.45) is 0 Å². The summed E-state index contributed by atoms with van der Waals surface area (Å²) in [6, 6.07) is 13.9. The fraction of sp³-hybridized carbons (Fsp3) is 0.409. The molecule has 5 nitrogen and oxygen atoms in total. The Morgan fingerprint density at radius 3 is 2.24 bits per heavy atom. The summed E-state index contributed by atoms with van der Waals surface area (Å²) in [6.45, 7) is 7.05. The van der Waals surface area contributed by atoms with Crippen molar-refractivity contribution in [3.05, 3.63) is 64.7 Å². The average Bonchev–Trinajstić information content (AvgIpc) is 2.68. The van der Waals surface area contributed by atoms with Crippen LogP contribution in [0.15, 0.2) is 53.4 Å². The molecule has 2 aromatic carbocycles. The van der Waals surface area contributed by atoms with Crippen molar-refractivity contribution in [1.82, 2.24) is 9.62 Å². The maximum Gasteiger partial charge on any atom is 0.251 e. The third kappa shape index (κ3) is 5.18. The molecule has 3 rings (SSSR count). The van der Waals surface area contributed by atoms with Crippen molar-refractivity contribution >= 4 is 27.5 Å². The highest BCUT2D eigenvalue weighted by Gasteiger charge is 2.30. The molecule has 0 atom stereocenters. The lowest BCUT2D eigenvalue weighted by Gasteiger charge is -2.31. The summed E-state index contributed by atoms with van der Waals surface area (Å²) < 4.78 is 27.4. The molecule has 0 bridgehead atoms. The molecule has 2 aromatic rings. The maximum atomic E-state index is 13.0. The third-order valence-corrected chi connectivity index (χ3v) is 7.38. The van der Waals surface area contributed by atoms with Gasteiger partial charge in [0, 0.05) is 29.7 Å². The summed E-state index contributed by atoms with van der Waals surface area (Å²) in [5.41, 5.74) is 1.58. The number of benzene rings is 2. The zero-order valence-electron chi connectivity index (χ0n) is 17.0. The Bertz CT molecular complexity index is 974. The lowest BCUT2D eigenvalue weighted by atomic mass is 9.87. The van der Waals surface area contributed by atoms with Crippen molar-refractivity contribution in [2.45, 2.75) is 50.0 Å². The molecule has 1 aliphatic rings. The van der Waals surface area contributed by atoms with Crippen LogP contribution in [0.2, 0.25) is 5.02 Å². The SMILES string of the molecule is CC(C)(C)c1ccc(S(=O)(=O)N2CCC(NC(=O)c3cccc(Cl)c3)CC2)cc1. The monoisotopic (exact) mass is 434 g/mol. The average molecular weight is 435 g/mol. The van der Waals surface area contributed by atoms with Gasteiger partial charge in [0.1, 0.15) is 0 Å². The van der Waals surface area contributed by atoms with Gasteiger partial charge in [-0.25, -0.2) is 8.42 Å². The van der Waals surface area contributed by atoms with Crippen LogP contribution < -0.4 is 5.32 Å². The van der Waals surface area contributed by atoms with E-state index in [1.165, 1.54) is 4.31 Å². The highest BCUT2D eigenvalue weighted by Crippen LogP contribution is 2.26. The van der Waals surface area contributed by atoms with Crippen LogP contribution in [0.3, 0.4) is 0 Å². The van der Waals surface area contributed by atoms with Crippen LogP contribution in [0.1, 0.15) is 49.5 Å². The van der Waals surface area contributed by atoms with Gasteiger partial charge in [-0.3, -0.25) is 4.79 Å². The summed E-state index contributed by atoms with van der Waals surface area (Å²) >= 11 is 5.94. The summed E-state index contributed by atoms with van der Waals surface area (Å²) in [5, 5.41) is 3.49. The summed E-state index contributed by atoms with van der Waals surface area (Å²) in [4.78, 5) is 12.7. The highest BCUT2D eigenvalue weighted by molar-refractivity contribution is 7.89. The molecule has 0 unspecified atom stereocenters. The van der Waals surface area contributed by atoms with E-state index in [-0.39, 0.29) is 17.4 Å². The topological polar surface area (TPSA) is 66.5 Å². The Morgan fingerprint density at radius 1 is 1.07 bits per heavy atom. The second kappa shape index (κ2) is 8.46. The van der Waals surface area contributed by atoms with E-state index >= 15 is 0 Å². The van der Waals surface area contributed by atoms with Gasteiger partial charge >= 0.3 is 0 Å². The van der Waals surface area contributed by atoms with Crippen molar-refractivity contribution in [3.63, 3.8) is 0 Å². The molecular weight excluding hydrogens is 408 g/mol. The first-order valence-electron chi connectivity index (χ1n) is 9.74. The molecule has 1 N–H and O–H groups in total. The Balaban J connectivity index is 1.61. The fourth-order valence-electron chi connectivity index (χ4n) is 3.41. The molecule has 0 aliphatic carbocycles. The Hall–Kier alpha value is -1.89. The first kappa shape index (κ1) is 21.8. The third-order valence-electron chi connectivity index (χ3n) is 5.23. The summed E-state index contributed by atoms with van der Waals surface area (Å²) in [6.07, 6.45) is 1.15. The molecule has 1 amide bonds. The van der Waals surface area contributed by atoms with Gasteiger partial charge in [0.05, 0.1) is 4.90 Å². The number of carbonyl (C=O) groups excluding carboxylic acids is 1. The van der Waals surface area contributed by atoms with Crippen molar-refractivity contribution in [1.29, 1.82) is 0 Å². The van der Waals surface area contributed by atoms with Crippen LogP contribution in [0.4, 0.5) is 0 Å². The zero-order chi connectivity index (χ0) is 21.2. The van der Waals surface area contributed by atoms with Gasteiger partial charge in [0.15, 0.2) is 0 Å². The van der Waals surface area contributed by atoms with E-state index in [2.05, 4.69) is 26.1 Å². The summed E-state index contributed by atoms with van der Waals surface area (Å²) in [5.74, 6) is -0.188. The first-order valence-corrected chi connectivity index (χ1v) is 11.6. The van der Waals surface area contributed by atoms with Gasteiger partial charge in [-0.05, 0) is 54.2 Å². The van der Waals surface area contributed by atoms with Crippen molar-refractivity contribution in [3.8, 4) is 0 Å². The molecule has 1 heterocycles. The van der Waals surface area contributed by atoms with Gasteiger partial charge < -0.3 is 5.32 Å². The molecule has 156 valence electrons. The molecule has 29 heavy (non-hydrogen) atoms. The normalized spacial score (nSPS) is 16.6. The fourth-order valence-corrected chi connectivity index (χ4v) is 5.07. The van der Waals surface area contributed by atoms with Crippen molar-refractivity contribution < 1.29 is 13.2 Å². The molecule has 0 aromatic heterocycles. The molecule has 1 saturated heterocycles. The lowest BCUT2D eigenvalue weighted by molar-refractivity contribution is 0.0924. The second-order valence-electron chi connectivity index (χ2n) is 8.44. The number of rotatable bonds is 4. The number of nitrogens with one attached hydrogen (secondary N) is 1.